The minimum atomic E-state index is -1.34. The number of aromatic nitrogens is 1. The molecule has 0 aliphatic carbocycles. The molecule has 22 nitrogen and oxygen atoms in total. The lowest BCUT2D eigenvalue weighted by Crippen LogP contribution is -2.60. The van der Waals surface area contributed by atoms with Gasteiger partial charge in [0.25, 0.3) is 0 Å². The first-order valence-corrected chi connectivity index (χ1v) is 28.7. The summed E-state index contributed by atoms with van der Waals surface area (Å²) in [5.41, 5.74) is 25.5. The molecule has 4 aromatic carbocycles. The number of hydrogen-bond acceptors (Lipinski definition) is 13. The molecule has 81 heavy (non-hydrogen) atoms. The summed E-state index contributed by atoms with van der Waals surface area (Å²) in [5, 5.41) is 24.3. The average molecular weight is 1130 g/mol. The van der Waals surface area contributed by atoms with Crippen LogP contribution in [0.15, 0.2) is 103 Å². The quantitative estimate of drug-likeness (QED) is 0.0253. The number of aromatic amines is 1. The molecular formula is C58H79N13O9S. The molecule has 1 aromatic heterocycles. The monoisotopic (exact) mass is 1130 g/mol. The van der Waals surface area contributed by atoms with Crippen LogP contribution in [0.25, 0.3) is 21.7 Å². The van der Waals surface area contributed by atoms with Gasteiger partial charge >= 0.3 is 0 Å². The van der Waals surface area contributed by atoms with Gasteiger partial charge in [0.15, 0.2) is 0 Å². The molecule has 17 N–H and O–H groups in total. The minimum Gasteiger partial charge on any atom is -0.368 e. The Hall–Kier alpha value is -7.86. The highest BCUT2D eigenvalue weighted by molar-refractivity contribution is 7.98. The zero-order valence-corrected chi connectivity index (χ0v) is 47.0. The molecule has 5 rings (SSSR count). The second-order valence-electron chi connectivity index (χ2n) is 19.9. The molecule has 0 fully saturated rings. The van der Waals surface area contributed by atoms with E-state index in [1.54, 1.807) is 36.5 Å². The van der Waals surface area contributed by atoms with E-state index in [0.29, 0.717) is 61.2 Å². The number of unbranched alkanes of at least 4 members (excludes halogenated alkanes) is 2. The van der Waals surface area contributed by atoms with Gasteiger partial charge in [0.05, 0.1) is 6.54 Å². The highest BCUT2D eigenvalue weighted by Crippen LogP contribution is 2.22. The second kappa shape index (κ2) is 33.0. The van der Waals surface area contributed by atoms with E-state index in [1.165, 1.54) is 25.6 Å². The Morgan fingerprint density at radius 2 is 0.938 bits per heavy atom. The van der Waals surface area contributed by atoms with Gasteiger partial charge in [0.1, 0.15) is 48.3 Å². The lowest BCUT2D eigenvalue weighted by molar-refractivity contribution is -0.135. The molecule has 23 heteroatoms. The van der Waals surface area contributed by atoms with E-state index < -0.39 is 101 Å². The molecule has 0 aliphatic rings. The normalized spacial score (nSPS) is 14.1. The summed E-state index contributed by atoms with van der Waals surface area (Å²) >= 11 is 1.47. The number of nitrogens with one attached hydrogen (secondary N) is 9. The van der Waals surface area contributed by atoms with Crippen molar-refractivity contribution in [2.24, 2.45) is 22.9 Å². The standard InChI is InChI=1S/C58H79N13O9S/c1-35(64-54(76)46(26-29-81-3)66-50(72)33-61)52(74)68-45(25-12-14-28-60)55(77)71-48(31-39-20-15-19-38-18-7-8-21-41(38)39)56(78)65-36(2)53(75)69-49(32-40-34-63-43-23-10-9-22-42(40)43)58(80)70-47(30-37-16-5-4-6-17-37)57(79)67-44(51(62)73)24-11-13-27-59/h4-10,15-23,34-36,44-49,63H,11-14,24-33,59-61H2,1-3H3,(H2,62,73)(H,64,76)(H,65,78)(H,66,72)(H,67,79)(H,68,74)(H,69,75)(H,70,80)(H,71,77)/t35-,36-,44-,45+,46-,47+,48+,49-/m0/s1. The summed E-state index contributed by atoms with van der Waals surface area (Å²) in [6.45, 7) is 3.19. The van der Waals surface area contributed by atoms with Crippen molar-refractivity contribution in [3.63, 3.8) is 0 Å². The second-order valence-corrected chi connectivity index (χ2v) is 20.9. The largest absolute Gasteiger partial charge is 0.368 e. The molecule has 0 aliphatic heterocycles. The van der Waals surface area contributed by atoms with E-state index in [9.17, 15) is 43.2 Å². The molecule has 0 bridgehead atoms. The SMILES string of the molecule is CSCC[C@H](NC(=O)CN)C(=O)N[C@@H](C)C(=O)N[C@H](CCCCN)C(=O)N[C@H](Cc1cccc2ccccc12)C(=O)N[C@@H](C)C(=O)N[C@@H](Cc1c[nH]c2ccccc12)C(=O)N[C@H](Cc1ccccc1)C(=O)N[C@@H](CCCCN)C(N)=O. The predicted octanol–water partition coefficient (Wildman–Crippen LogP) is 0.722. The van der Waals surface area contributed by atoms with Crippen LogP contribution >= 0.6 is 11.8 Å². The van der Waals surface area contributed by atoms with E-state index in [2.05, 4.69) is 47.5 Å². The number of H-pyrrole nitrogens is 1. The van der Waals surface area contributed by atoms with E-state index in [4.69, 9.17) is 22.9 Å². The number of carbonyl (C=O) groups is 9. The fraction of sp³-hybridized carbons (Fsp3) is 0.431. The third-order valence-corrected chi connectivity index (χ3v) is 14.4. The summed E-state index contributed by atoms with van der Waals surface area (Å²) in [4.78, 5) is 127. The van der Waals surface area contributed by atoms with Crippen LogP contribution in [-0.2, 0) is 62.4 Å². The maximum atomic E-state index is 14.7. The first-order valence-electron chi connectivity index (χ1n) is 27.3. The molecule has 0 spiro atoms. The first-order chi connectivity index (χ1) is 39.0. The van der Waals surface area contributed by atoms with Gasteiger partial charge in [-0.05, 0) is 117 Å². The van der Waals surface area contributed by atoms with E-state index in [0.717, 1.165) is 21.7 Å². The van der Waals surface area contributed by atoms with Crippen LogP contribution in [0.4, 0.5) is 0 Å². The van der Waals surface area contributed by atoms with Crippen LogP contribution in [0.1, 0.15) is 75.5 Å². The molecule has 436 valence electrons. The summed E-state index contributed by atoms with van der Waals surface area (Å²) in [6.07, 6.45) is 6.07. The Morgan fingerprint density at radius 1 is 0.469 bits per heavy atom. The number of nitrogens with two attached hydrogens (primary N) is 4. The van der Waals surface area contributed by atoms with Crippen molar-refractivity contribution in [1.29, 1.82) is 0 Å². The van der Waals surface area contributed by atoms with E-state index in [1.807, 2.05) is 73.0 Å². The van der Waals surface area contributed by atoms with Crippen LogP contribution in [-0.4, -0.2) is 138 Å². The lowest BCUT2D eigenvalue weighted by atomic mass is 9.97. The first kappa shape index (κ1) is 64.0. The van der Waals surface area contributed by atoms with Gasteiger partial charge in [-0.2, -0.15) is 11.8 Å². The van der Waals surface area contributed by atoms with Crippen molar-refractivity contribution in [3.8, 4) is 0 Å². The number of para-hydroxylation sites is 1. The maximum absolute atomic E-state index is 14.7. The molecule has 5 aromatic rings. The van der Waals surface area contributed by atoms with Crippen molar-refractivity contribution in [2.45, 2.75) is 126 Å². The van der Waals surface area contributed by atoms with Gasteiger partial charge in [-0.1, -0.05) is 91.0 Å². The van der Waals surface area contributed by atoms with Crippen molar-refractivity contribution in [3.05, 3.63) is 120 Å². The number of amides is 9. The smallest absolute Gasteiger partial charge is 0.243 e. The highest BCUT2D eigenvalue weighted by Gasteiger charge is 2.34. The number of primary amides is 1. The Balaban J connectivity index is 1.41. The van der Waals surface area contributed by atoms with E-state index in [-0.39, 0.29) is 45.1 Å². The zero-order valence-electron chi connectivity index (χ0n) is 46.2. The average Bonchev–Trinajstić information content (AvgIpc) is 4.07. The van der Waals surface area contributed by atoms with Crippen LogP contribution in [0.2, 0.25) is 0 Å². The Morgan fingerprint density at radius 3 is 1.54 bits per heavy atom. The van der Waals surface area contributed by atoms with Crippen molar-refractivity contribution >= 4 is 86.6 Å². The molecular weight excluding hydrogens is 1050 g/mol. The van der Waals surface area contributed by atoms with Crippen LogP contribution in [0.5, 0.6) is 0 Å². The number of fused-ring (bicyclic) bond motifs is 2. The Kier molecular flexibility index (Phi) is 26.1. The van der Waals surface area contributed by atoms with Gasteiger partial charge in [0.2, 0.25) is 53.2 Å². The van der Waals surface area contributed by atoms with Crippen LogP contribution < -0.4 is 65.5 Å². The van der Waals surface area contributed by atoms with Gasteiger partial charge in [-0.15, -0.1) is 0 Å². The number of hydrogen-bond donors (Lipinski definition) is 13. The van der Waals surface area contributed by atoms with Gasteiger partial charge in [0, 0.05) is 36.4 Å². The Bertz CT molecular complexity index is 2920. The molecule has 1 heterocycles. The van der Waals surface area contributed by atoms with Gasteiger partial charge in [-0.3, -0.25) is 43.2 Å². The van der Waals surface area contributed by atoms with Gasteiger partial charge in [-0.25, -0.2) is 0 Å². The summed E-state index contributed by atoms with van der Waals surface area (Å²) in [7, 11) is 0. The molecule has 9 amide bonds. The third-order valence-electron chi connectivity index (χ3n) is 13.7. The van der Waals surface area contributed by atoms with Crippen molar-refractivity contribution in [1.82, 2.24) is 47.5 Å². The fourth-order valence-corrected chi connectivity index (χ4v) is 9.63. The lowest BCUT2D eigenvalue weighted by Gasteiger charge is -2.27. The predicted molar refractivity (Wildman–Crippen MR) is 314 cm³/mol. The minimum absolute atomic E-state index is 0.0132. The number of carbonyl (C=O) groups excluding carboxylic acids is 9. The zero-order chi connectivity index (χ0) is 58.8. The molecule has 0 radical (unpaired) electrons. The Labute approximate surface area is 476 Å². The summed E-state index contributed by atoms with van der Waals surface area (Å²) in [6, 6.07) is 19.7. The highest BCUT2D eigenvalue weighted by atomic mass is 32.2. The fourth-order valence-electron chi connectivity index (χ4n) is 9.16. The summed E-state index contributed by atoms with van der Waals surface area (Å²) in [5.74, 6) is -5.80. The third kappa shape index (κ3) is 20.0. The maximum Gasteiger partial charge on any atom is 0.243 e. The topological polar surface area (TPSA) is 370 Å². The number of rotatable bonds is 34. The molecule has 0 saturated carbocycles. The molecule has 8 atom stereocenters. The number of thioether (sulfide) groups is 1. The van der Waals surface area contributed by atoms with Gasteiger partial charge < -0.3 is 70.5 Å². The summed E-state index contributed by atoms with van der Waals surface area (Å²) < 4.78 is 0. The van der Waals surface area contributed by atoms with Crippen molar-refractivity contribution in [2.75, 3.05) is 31.6 Å². The number of benzene rings is 4. The van der Waals surface area contributed by atoms with Crippen LogP contribution in [0.3, 0.4) is 0 Å². The molecule has 0 unspecified atom stereocenters. The van der Waals surface area contributed by atoms with Crippen LogP contribution in [0, 0.1) is 0 Å². The molecule has 0 saturated heterocycles. The van der Waals surface area contributed by atoms with E-state index >= 15 is 0 Å². The van der Waals surface area contributed by atoms with Crippen molar-refractivity contribution < 1.29 is 43.2 Å².